The first-order valence-corrected chi connectivity index (χ1v) is 5.35. The molecule has 0 fully saturated rings. The van der Waals surface area contributed by atoms with Crippen LogP contribution in [0.4, 0.5) is 13.2 Å². The van der Waals surface area contributed by atoms with E-state index in [0.29, 0.717) is 18.5 Å². The number of hydrogen-bond donors (Lipinski definition) is 1. The quantitative estimate of drug-likeness (QED) is 0.930. The molecule has 0 aliphatic rings. The first kappa shape index (κ1) is 13.3. The highest BCUT2D eigenvalue weighted by molar-refractivity contribution is 5.29. The lowest BCUT2D eigenvalue weighted by atomic mass is 10.2. The number of aromatic nitrogens is 2. The molecule has 19 heavy (non-hydrogen) atoms. The molecule has 7 heteroatoms. The number of benzene rings is 1. The van der Waals surface area contributed by atoms with Gasteiger partial charge in [-0.1, -0.05) is 12.1 Å². The number of nitrogens with two attached hydrogens (primary N) is 1. The summed E-state index contributed by atoms with van der Waals surface area (Å²) in [6, 6.07) is 6.82. The predicted molar refractivity (Wildman–Crippen MR) is 61.4 cm³/mol. The average molecular weight is 269 g/mol. The van der Waals surface area contributed by atoms with Crippen molar-refractivity contribution < 1.29 is 17.9 Å². The summed E-state index contributed by atoms with van der Waals surface area (Å²) in [5, 5.41) is 0. The van der Waals surface area contributed by atoms with Crippen LogP contribution in [0.2, 0.25) is 0 Å². The van der Waals surface area contributed by atoms with Crippen molar-refractivity contribution in [2.75, 3.05) is 0 Å². The van der Waals surface area contributed by atoms with Crippen molar-refractivity contribution in [3.05, 3.63) is 47.9 Å². The van der Waals surface area contributed by atoms with E-state index in [1.807, 2.05) is 0 Å². The smallest absolute Gasteiger partial charge is 0.434 e. The van der Waals surface area contributed by atoms with Crippen LogP contribution in [-0.2, 0) is 12.7 Å². The molecule has 0 aliphatic carbocycles. The fourth-order valence-corrected chi connectivity index (χ4v) is 1.33. The molecule has 0 aliphatic heterocycles. The van der Waals surface area contributed by atoms with Crippen LogP contribution in [0.25, 0.3) is 0 Å². The van der Waals surface area contributed by atoms with E-state index in [2.05, 4.69) is 9.97 Å². The summed E-state index contributed by atoms with van der Waals surface area (Å²) in [6.45, 7) is 0.403. The van der Waals surface area contributed by atoms with Gasteiger partial charge in [-0.05, 0) is 17.7 Å². The van der Waals surface area contributed by atoms with Crippen LogP contribution in [0, 0.1) is 0 Å². The van der Waals surface area contributed by atoms with Gasteiger partial charge in [-0.15, -0.1) is 0 Å². The molecule has 0 atom stereocenters. The number of alkyl halides is 3. The van der Waals surface area contributed by atoms with Gasteiger partial charge in [0.2, 0.25) is 5.88 Å². The molecule has 0 saturated carbocycles. The lowest BCUT2D eigenvalue weighted by Gasteiger charge is -2.07. The highest BCUT2D eigenvalue weighted by Gasteiger charge is 2.32. The van der Waals surface area contributed by atoms with E-state index < -0.39 is 11.9 Å². The molecule has 1 aromatic heterocycles. The molecule has 1 aromatic carbocycles. The van der Waals surface area contributed by atoms with Crippen molar-refractivity contribution in [2.45, 2.75) is 12.7 Å². The topological polar surface area (TPSA) is 61.0 Å². The maximum Gasteiger partial charge on any atom is 0.434 e. The van der Waals surface area contributed by atoms with Crippen molar-refractivity contribution in [2.24, 2.45) is 5.73 Å². The van der Waals surface area contributed by atoms with Crippen molar-refractivity contribution in [1.29, 1.82) is 0 Å². The third-order valence-corrected chi connectivity index (χ3v) is 2.30. The minimum atomic E-state index is -4.51. The number of rotatable bonds is 3. The van der Waals surface area contributed by atoms with Crippen molar-refractivity contribution in [1.82, 2.24) is 9.97 Å². The second-order valence-corrected chi connectivity index (χ2v) is 3.69. The first-order chi connectivity index (χ1) is 8.99. The van der Waals surface area contributed by atoms with E-state index in [-0.39, 0.29) is 5.88 Å². The van der Waals surface area contributed by atoms with E-state index in [9.17, 15) is 13.2 Å². The molecule has 0 radical (unpaired) electrons. The van der Waals surface area contributed by atoms with Gasteiger partial charge in [0.25, 0.3) is 0 Å². The Morgan fingerprint density at radius 2 is 1.74 bits per heavy atom. The lowest BCUT2D eigenvalue weighted by Crippen LogP contribution is -2.08. The van der Waals surface area contributed by atoms with E-state index in [4.69, 9.17) is 10.5 Å². The summed E-state index contributed by atoms with van der Waals surface area (Å²) in [4.78, 5) is 6.80. The highest BCUT2D eigenvalue weighted by atomic mass is 19.4. The SMILES string of the molecule is NCc1ccc(Oc2cnc(C(F)(F)F)cn2)cc1. The van der Waals surface area contributed by atoms with E-state index >= 15 is 0 Å². The summed E-state index contributed by atoms with van der Waals surface area (Å²) in [5.74, 6) is 0.444. The minimum Gasteiger partial charge on any atom is -0.438 e. The second kappa shape index (κ2) is 5.23. The molecule has 0 unspecified atom stereocenters. The monoisotopic (exact) mass is 269 g/mol. The molecule has 2 rings (SSSR count). The number of nitrogens with zero attached hydrogens (tertiary/aromatic N) is 2. The molecule has 0 saturated heterocycles. The fourth-order valence-electron chi connectivity index (χ4n) is 1.33. The average Bonchev–Trinajstić information content (AvgIpc) is 2.39. The van der Waals surface area contributed by atoms with Crippen LogP contribution in [0.5, 0.6) is 11.6 Å². The Balaban J connectivity index is 2.10. The maximum absolute atomic E-state index is 12.3. The Bertz CT molecular complexity index is 538. The Kier molecular flexibility index (Phi) is 3.66. The zero-order valence-electron chi connectivity index (χ0n) is 9.69. The molecule has 1 heterocycles. The van der Waals surface area contributed by atoms with Crippen molar-refractivity contribution in [3.8, 4) is 11.6 Å². The van der Waals surface area contributed by atoms with Crippen LogP contribution in [0.3, 0.4) is 0 Å². The van der Waals surface area contributed by atoms with Crippen LogP contribution < -0.4 is 10.5 Å². The molecular formula is C12H10F3N3O. The van der Waals surface area contributed by atoms with Crippen LogP contribution in [-0.4, -0.2) is 9.97 Å². The molecular weight excluding hydrogens is 259 g/mol. The van der Waals surface area contributed by atoms with Gasteiger partial charge in [-0.2, -0.15) is 13.2 Å². The fraction of sp³-hybridized carbons (Fsp3) is 0.167. The zero-order chi connectivity index (χ0) is 13.9. The minimum absolute atomic E-state index is 0.00602. The number of ether oxygens (including phenoxy) is 1. The lowest BCUT2D eigenvalue weighted by molar-refractivity contribution is -0.141. The molecule has 100 valence electrons. The molecule has 2 aromatic rings. The summed E-state index contributed by atoms with van der Waals surface area (Å²) in [6.07, 6.45) is -2.95. The summed E-state index contributed by atoms with van der Waals surface area (Å²) in [7, 11) is 0. The molecule has 0 spiro atoms. The van der Waals surface area contributed by atoms with Crippen LogP contribution >= 0.6 is 0 Å². The molecule has 0 amide bonds. The second-order valence-electron chi connectivity index (χ2n) is 3.69. The van der Waals surface area contributed by atoms with Gasteiger partial charge in [0.15, 0.2) is 5.69 Å². The van der Waals surface area contributed by atoms with Crippen molar-refractivity contribution in [3.63, 3.8) is 0 Å². The molecule has 4 nitrogen and oxygen atoms in total. The van der Waals surface area contributed by atoms with Gasteiger partial charge in [0.05, 0.1) is 12.4 Å². The largest absolute Gasteiger partial charge is 0.438 e. The Morgan fingerprint density at radius 3 is 2.21 bits per heavy atom. The standard InChI is InChI=1S/C12H10F3N3O/c13-12(14,15)10-6-18-11(7-17-10)19-9-3-1-8(5-16)2-4-9/h1-4,6-7H,5,16H2. The van der Waals surface area contributed by atoms with E-state index in [0.717, 1.165) is 11.8 Å². The highest BCUT2D eigenvalue weighted by Crippen LogP contribution is 2.28. The molecule has 0 bridgehead atoms. The van der Waals surface area contributed by atoms with Gasteiger partial charge >= 0.3 is 6.18 Å². The zero-order valence-corrected chi connectivity index (χ0v) is 9.69. The van der Waals surface area contributed by atoms with E-state index in [1.165, 1.54) is 0 Å². The van der Waals surface area contributed by atoms with Gasteiger partial charge in [0.1, 0.15) is 5.75 Å². The maximum atomic E-state index is 12.3. The summed E-state index contributed by atoms with van der Waals surface area (Å²) < 4.78 is 42.1. The van der Waals surface area contributed by atoms with Crippen molar-refractivity contribution >= 4 is 0 Å². The van der Waals surface area contributed by atoms with Gasteiger partial charge in [-0.25, -0.2) is 9.97 Å². The summed E-state index contributed by atoms with van der Waals surface area (Å²) in [5.41, 5.74) is 5.31. The van der Waals surface area contributed by atoms with Gasteiger partial charge in [-0.3, -0.25) is 0 Å². The van der Waals surface area contributed by atoms with E-state index in [1.54, 1.807) is 24.3 Å². The Labute approximate surface area is 107 Å². The third-order valence-electron chi connectivity index (χ3n) is 2.30. The van der Waals surface area contributed by atoms with Gasteiger partial charge < -0.3 is 10.5 Å². The van der Waals surface area contributed by atoms with Crippen LogP contribution in [0.1, 0.15) is 11.3 Å². The van der Waals surface area contributed by atoms with Gasteiger partial charge in [0, 0.05) is 6.54 Å². The van der Waals surface area contributed by atoms with Crippen LogP contribution in [0.15, 0.2) is 36.7 Å². The number of hydrogen-bond acceptors (Lipinski definition) is 4. The predicted octanol–water partition coefficient (Wildman–Crippen LogP) is 2.75. The normalized spacial score (nSPS) is 11.4. The Hall–Kier alpha value is -2.15. The molecule has 2 N–H and O–H groups in total. The third kappa shape index (κ3) is 3.41. The Morgan fingerprint density at radius 1 is 1.05 bits per heavy atom. The summed E-state index contributed by atoms with van der Waals surface area (Å²) >= 11 is 0. The number of halogens is 3. The first-order valence-electron chi connectivity index (χ1n) is 5.35.